The van der Waals surface area contributed by atoms with E-state index in [1.807, 2.05) is 6.07 Å². The van der Waals surface area contributed by atoms with Crippen LogP contribution in [0.4, 0.5) is 0 Å². The van der Waals surface area contributed by atoms with E-state index >= 15 is 0 Å². The number of benzene rings is 1. The highest BCUT2D eigenvalue weighted by atomic mass is 35.5. The van der Waals surface area contributed by atoms with E-state index in [1.165, 1.54) is 29.6 Å². The van der Waals surface area contributed by atoms with Crippen molar-refractivity contribution in [2.24, 2.45) is 0 Å². The van der Waals surface area contributed by atoms with E-state index in [4.69, 9.17) is 16.9 Å². The van der Waals surface area contributed by atoms with Crippen molar-refractivity contribution in [1.29, 1.82) is 5.26 Å². The van der Waals surface area contributed by atoms with Gasteiger partial charge in [-0.2, -0.15) is 9.57 Å². The Labute approximate surface area is 130 Å². The van der Waals surface area contributed by atoms with Gasteiger partial charge in [-0.15, -0.1) is 12.4 Å². The molecule has 0 saturated carbocycles. The Bertz CT molecular complexity index is 622. The first-order valence-corrected chi connectivity index (χ1v) is 7.67. The topological polar surface area (TPSA) is 73.2 Å². The van der Waals surface area contributed by atoms with Gasteiger partial charge in [-0.05, 0) is 25.1 Å². The van der Waals surface area contributed by atoms with E-state index in [0.29, 0.717) is 6.54 Å². The van der Waals surface area contributed by atoms with Crippen LogP contribution >= 0.6 is 24.0 Å². The number of sulfonamides is 1. The number of hydrogen-bond acceptors (Lipinski definition) is 4. The SMILES string of the molecule is CN(C1CCNC1)S(=O)(=O)c1cccc(Cl)c1C#N.Cl. The zero-order valence-electron chi connectivity index (χ0n) is 10.8. The normalized spacial score (nSPS) is 18.6. The van der Waals surface area contributed by atoms with Crippen molar-refractivity contribution in [3.63, 3.8) is 0 Å². The van der Waals surface area contributed by atoms with Crippen molar-refractivity contribution in [2.45, 2.75) is 17.4 Å². The molecule has 1 aromatic carbocycles. The summed E-state index contributed by atoms with van der Waals surface area (Å²) in [5.41, 5.74) is 0.00183. The first-order chi connectivity index (χ1) is 8.98. The summed E-state index contributed by atoms with van der Waals surface area (Å²) < 4.78 is 26.4. The summed E-state index contributed by atoms with van der Waals surface area (Å²) in [5.74, 6) is 0. The fourth-order valence-corrected chi connectivity index (χ4v) is 3.95. The molecule has 2 rings (SSSR count). The summed E-state index contributed by atoms with van der Waals surface area (Å²) in [4.78, 5) is -0.0306. The molecule has 0 spiro atoms. The van der Waals surface area contributed by atoms with Crippen LogP contribution in [0, 0.1) is 11.3 Å². The Hall–Kier alpha value is -0.840. The van der Waals surface area contributed by atoms with Gasteiger partial charge in [0.05, 0.1) is 10.6 Å². The van der Waals surface area contributed by atoms with Crippen LogP contribution in [0.1, 0.15) is 12.0 Å². The molecule has 1 heterocycles. The molecule has 0 aromatic heterocycles. The van der Waals surface area contributed by atoms with Gasteiger partial charge in [-0.1, -0.05) is 17.7 Å². The van der Waals surface area contributed by atoms with E-state index < -0.39 is 10.0 Å². The molecule has 1 atom stereocenters. The molecule has 0 amide bonds. The smallest absolute Gasteiger partial charge is 0.244 e. The molecule has 0 bridgehead atoms. The Morgan fingerprint density at radius 2 is 2.20 bits per heavy atom. The van der Waals surface area contributed by atoms with Gasteiger partial charge in [-0.25, -0.2) is 8.42 Å². The standard InChI is InChI=1S/C12H14ClN3O2S.ClH/c1-16(9-5-6-15-8-9)19(17,18)12-4-2-3-11(13)10(12)7-14;/h2-4,9,15H,5-6,8H2,1H3;1H. The lowest BCUT2D eigenvalue weighted by atomic mass is 10.2. The molecule has 1 aliphatic heterocycles. The third-order valence-electron chi connectivity index (χ3n) is 3.29. The second-order valence-corrected chi connectivity index (χ2v) is 6.77. The number of rotatable bonds is 3. The Balaban J connectivity index is 0.00000200. The predicted molar refractivity (Wildman–Crippen MR) is 79.6 cm³/mol. The maximum Gasteiger partial charge on any atom is 0.244 e. The summed E-state index contributed by atoms with van der Waals surface area (Å²) in [6.07, 6.45) is 0.762. The van der Waals surface area contributed by atoms with E-state index in [-0.39, 0.29) is 33.9 Å². The van der Waals surface area contributed by atoms with Gasteiger partial charge >= 0.3 is 0 Å². The highest BCUT2D eigenvalue weighted by Gasteiger charge is 2.32. The minimum Gasteiger partial charge on any atom is -0.315 e. The number of halogens is 2. The average Bonchev–Trinajstić information content (AvgIpc) is 2.91. The van der Waals surface area contributed by atoms with Crippen LogP contribution in [0.5, 0.6) is 0 Å². The van der Waals surface area contributed by atoms with E-state index in [9.17, 15) is 8.42 Å². The summed E-state index contributed by atoms with van der Waals surface area (Å²) in [5, 5.41) is 12.4. The molecule has 8 heteroatoms. The summed E-state index contributed by atoms with van der Waals surface area (Å²) in [7, 11) is -2.16. The van der Waals surface area contributed by atoms with Crippen molar-refractivity contribution < 1.29 is 8.42 Å². The Morgan fingerprint density at radius 1 is 1.50 bits per heavy atom. The van der Waals surface area contributed by atoms with Gasteiger partial charge in [0.15, 0.2) is 0 Å². The van der Waals surface area contributed by atoms with Crippen LogP contribution in [-0.4, -0.2) is 38.9 Å². The van der Waals surface area contributed by atoms with Crippen molar-refractivity contribution in [3.8, 4) is 6.07 Å². The van der Waals surface area contributed by atoms with Crippen LogP contribution in [0.3, 0.4) is 0 Å². The monoisotopic (exact) mass is 335 g/mol. The van der Waals surface area contributed by atoms with E-state index in [0.717, 1.165) is 13.0 Å². The van der Waals surface area contributed by atoms with Gasteiger partial charge in [-0.3, -0.25) is 0 Å². The Kier molecular flexibility index (Phi) is 5.80. The van der Waals surface area contributed by atoms with Crippen molar-refractivity contribution in [3.05, 3.63) is 28.8 Å². The summed E-state index contributed by atoms with van der Waals surface area (Å²) in [6, 6.07) is 6.24. The molecule has 1 saturated heterocycles. The van der Waals surface area contributed by atoms with Gasteiger partial charge in [0, 0.05) is 19.6 Å². The molecule has 1 aliphatic rings. The lowest BCUT2D eigenvalue weighted by Gasteiger charge is -2.23. The van der Waals surface area contributed by atoms with Crippen molar-refractivity contribution in [1.82, 2.24) is 9.62 Å². The molecule has 110 valence electrons. The van der Waals surface area contributed by atoms with Crippen LogP contribution < -0.4 is 5.32 Å². The second-order valence-electron chi connectivity index (χ2n) is 4.39. The third-order valence-corrected chi connectivity index (χ3v) is 5.56. The van der Waals surface area contributed by atoms with Crippen molar-refractivity contribution in [2.75, 3.05) is 20.1 Å². The zero-order chi connectivity index (χ0) is 14.0. The average molecular weight is 336 g/mol. The minimum absolute atomic E-state index is 0. The maximum absolute atomic E-state index is 12.5. The predicted octanol–water partition coefficient (Wildman–Crippen LogP) is 1.62. The minimum atomic E-state index is -3.70. The Morgan fingerprint density at radius 3 is 2.75 bits per heavy atom. The lowest BCUT2D eigenvalue weighted by Crippen LogP contribution is -2.38. The molecule has 1 fully saturated rings. The lowest BCUT2D eigenvalue weighted by molar-refractivity contribution is 0.387. The molecule has 1 unspecified atom stereocenters. The van der Waals surface area contributed by atoms with Gasteiger partial charge in [0.2, 0.25) is 10.0 Å². The maximum atomic E-state index is 12.5. The molecule has 0 radical (unpaired) electrons. The first-order valence-electron chi connectivity index (χ1n) is 5.86. The van der Waals surface area contributed by atoms with Gasteiger partial charge in [0.25, 0.3) is 0 Å². The van der Waals surface area contributed by atoms with Crippen LogP contribution in [0.15, 0.2) is 23.1 Å². The highest BCUT2D eigenvalue weighted by Crippen LogP contribution is 2.26. The third kappa shape index (κ3) is 3.08. The van der Waals surface area contributed by atoms with Gasteiger partial charge in [0.1, 0.15) is 11.0 Å². The number of nitrogens with zero attached hydrogens (tertiary/aromatic N) is 2. The molecule has 1 N–H and O–H groups in total. The summed E-state index contributed by atoms with van der Waals surface area (Å²) in [6.45, 7) is 1.42. The van der Waals surface area contributed by atoms with Crippen LogP contribution in [0.2, 0.25) is 5.02 Å². The highest BCUT2D eigenvalue weighted by molar-refractivity contribution is 7.89. The second kappa shape index (κ2) is 6.74. The van der Waals surface area contributed by atoms with Crippen molar-refractivity contribution >= 4 is 34.0 Å². The number of nitriles is 1. The largest absolute Gasteiger partial charge is 0.315 e. The number of nitrogens with one attached hydrogen (secondary N) is 1. The van der Waals surface area contributed by atoms with Gasteiger partial charge < -0.3 is 5.32 Å². The molecular weight excluding hydrogens is 321 g/mol. The number of hydrogen-bond donors (Lipinski definition) is 1. The van der Waals surface area contributed by atoms with Crippen LogP contribution in [0.25, 0.3) is 0 Å². The fourth-order valence-electron chi connectivity index (χ4n) is 2.13. The van der Waals surface area contributed by atoms with E-state index in [2.05, 4.69) is 5.32 Å². The first kappa shape index (κ1) is 17.2. The molecule has 20 heavy (non-hydrogen) atoms. The fraction of sp³-hybridized carbons (Fsp3) is 0.417. The number of likely N-dealkylation sites (N-methyl/N-ethyl adjacent to an activating group) is 1. The molecule has 1 aromatic rings. The molecular formula is C12H15Cl2N3O2S. The quantitative estimate of drug-likeness (QED) is 0.910. The zero-order valence-corrected chi connectivity index (χ0v) is 13.2. The summed E-state index contributed by atoms with van der Waals surface area (Å²) >= 11 is 5.88. The van der Waals surface area contributed by atoms with E-state index in [1.54, 1.807) is 0 Å². The molecule has 5 nitrogen and oxygen atoms in total. The van der Waals surface area contributed by atoms with Crippen LogP contribution in [-0.2, 0) is 10.0 Å². The molecule has 0 aliphatic carbocycles.